The predicted molar refractivity (Wildman–Crippen MR) is 59.3 cm³/mol. The molecular weight excluding hydrogens is 206 g/mol. The summed E-state index contributed by atoms with van der Waals surface area (Å²) >= 11 is 0. The lowest BCUT2D eigenvalue weighted by molar-refractivity contribution is 0.123. The molecule has 2 heterocycles. The van der Waals surface area contributed by atoms with E-state index in [0.29, 0.717) is 18.5 Å². The zero-order valence-corrected chi connectivity index (χ0v) is 9.32. The minimum Gasteiger partial charge on any atom is -0.385 e. The molecule has 1 unspecified atom stereocenters. The maximum Gasteiger partial charge on any atom is 0.346 e. The van der Waals surface area contributed by atoms with Crippen LogP contribution in [0.4, 0.5) is 4.79 Å². The van der Waals surface area contributed by atoms with E-state index in [-0.39, 0.29) is 11.6 Å². The molecule has 2 aliphatic heterocycles. The quantitative estimate of drug-likeness (QED) is 0.717. The highest BCUT2D eigenvalue weighted by Gasteiger charge is 2.53. The fourth-order valence-electron chi connectivity index (χ4n) is 2.84. The summed E-state index contributed by atoms with van der Waals surface area (Å²) in [5.41, 5.74) is 5.67. The van der Waals surface area contributed by atoms with Crippen molar-refractivity contribution in [3.05, 3.63) is 0 Å². The topological polar surface area (TPSA) is 67.9 Å². The van der Waals surface area contributed by atoms with Gasteiger partial charge in [0.05, 0.1) is 0 Å². The van der Waals surface area contributed by atoms with Gasteiger partial charge in [-0.3, -0.25) is 0 Å². The molecule has 0 aromatic rings. The van der Waals surface area contributed by atoms with Crippen molar-refractivity contribution in [3.8, 4) is 0 Å². The van der Waals surface area contributed by atoms with Crippen molar-refractivity contribution < 1.29 is 9.53 Å². The van der Waals surface area contributed by atoms with E-state index in [1.165, 1.54) is 0 Å². The Morgan fingerprint density at radius 2 is 2.19 bits per heavy atom. The number of urea groups is 1. The Morgan fingerprint density at radius 3 is 2.94 bits per heavy atom. The summed E-state index contributed by atoms with van der Waals surface area (Å²) in [6, 6.07) is 0.234. The van der Waals surface area contributed by atoms with Crippen molar-refractivity contribution in [1.29, 1.82) is 0 Å². The third-order valence-corrected chi connectivity index (χ3v) is 3.81. The van der Waals surface area contributed by atoms with E-state index in [1.54, 1.807) is 0 Å². The van der Waals surface area contributed by atoms with Crippen LogP contribution in [0.1, 0.15) is 32.1 Å². The van der Waals surface area contributed by atoms with Gasteiger partial charge in [0.1, 0.15) is 11.4 Å². The average Bonchev–Trinajstić information content (AvgIpc) is 3.02. The molecule has 0 aromatic heterocycles. The summed E-state index contributed by atoms with van der Waals surface area (Å²) in [6.45, 7) is 1.44. The molecule has 3 rings (SSSR count). The lowest BCUT2D eigenvalue weighted by Crippen LogP contribution is -2.55. The first kappa shape index (κ1) is 10.1. The minimum absolute atomic E-state index is 0.137. The number of aliphatic imine (C=N–C) groups is 1. The fourth-order valence-corrected chi connectivity index (χ4v) is 2.84. The molecule has 16 heavy (non-hydrogen) atoms. The highest BCUT2D eigenvalue weighted by Crippen LogP contribution is 2.41. The molecular formula is C11H17N3O2. The number of hydrogen-bond donors (Lipinski definition) is 1. The number of amides is 2. The molecule has 1 spiro atoms. The Morgan fingerprint density at radius 1 is 1.38 bits per heavy atom. The predicted octanol–water partition coefficient (Wildman–Crippen LogP) is 0.881. The molecule has 2 amide bonds. The number of carbonyl (C=O) groups is 1. The Balaban J connectivity index is 1.94. The molecule has 1 saturated carbocycles. The summed E-state index contributed by atoms with van der Waals surface area (Å²) in [5, 5.41) is 0. The van der Waals surface area contributed by atoms with Crippen molar-refractivity contribution >= 4 is 11.9 Å². The highest BCUT2D eigenvalue weighted by atomic mass is 16.5. The van der Waals surface area contributed by atoms with Gasteiger partial charge in [-0.25, -0.2) is 4.79 Å². The number of amidine groups is 1. The molecule has 3 aliphatic rings. The van der Waals surface area contributed by atoms with Crippen LogP contribution in [0, 0.1) is 0 Å². The molecule has 5 heteroatoms. The van der Waals surface area contributed by atoms with E-state index < -0.39 is 0 Å². The molecule has 2 N–H and O–H groups in total. The maximum atomic E-state index is 11.9. The van der Waals surface area contributed by atoms with Gasteiger partial charge in [-0.05, 0) is 25.7 Å². The van der Waals surface area contributed by atoms with E-state index in [9.17, 15) is 4.79 Å². The highest BCUT2D eigenvalue weighted by molar-refractivity contribution is 6.06. The lowest BCUT2D eigenvalue weighted by Gasteiger charge is -2.37. The van der Waals surface area contributed by atoms with Gasteiger partial charge in [0.25, 0.3) is 0 Å². The van der Waals surface area contributed by atoms with Crippen LogP contribution >= 0.6 is 0 Å². The third kappa shape index (κ3) is 1.34. The Labute approximate surface area is 94.6 Å². The van der Waals surface area contributed by atoms with E-state index in [1.807, 2.05) is 4.90 Å². The molecule has 1 aliphatic carbocycles. The number of hydrogen-bond acceptors (Lipinski definition) is 3. The summed E-state index contributed by atoms with van der Waals surface area (Å²) in [5.74, 6) is 0.509. The second kappa shape index (κ2) is 3.45. The van der Waals surface area contributed by atoms with Gasteiger partial charge in [0, 0.05) is 25.7 Å². The van der Waals surface area contributed by atoms with Gasteiger partial charge in [-0.15, -0.1) is 0 Å². The smallest absolute Gasteiger partial charge is 0.346 e. The van der Waals surface area contributed by atoms with E-state index in [4.69, 9.17) is 10.5 Å². The number of carbonyl (C=O) groups excluding carboxylic acids is 1. The standard InChI is InChI=1S/C11H17N3O2/c12-9-11(4-1-6-16-7-5-11)14(8-2-3-8)10(15)13-9/h8H,1-7H2,(H2,12,13,15). The summed E-state index contributed by atoms with van der Waals surface area (Å²) in [7, 11) is 0. The van der Waals surface area contributed by atoms with E-state index in [0.717, 1.165) is 38.7 Å². The molecule has 5 nitrogen and oxygen atoms in total. The SMILES string of the molecule is NC1=NC(=O)N(C2CC2)C12CCCOCC2. The zero-order valence-electron chi connectivity index (χ0n) is 9.32. The molecule has 0 radical (unpaired) electrons. The molecule has 0 aromatic carbocycles. The molecule has 88 valence electrons. The largest absolute Gasteiger partial charge is 0.385 e. The number of rotatable bonds is 1. The second-order valence-electron chi connectivity index (χ2n) is 4.88. The summed E-state index contributed by atoms with van der Waals surface area (Å²) in [4.78, 5) is 17.8. The van der Waals surface area contributed by atoms with Crippen molar-refractivity contribution in [2.24, 2.45) is 10.7 Å². The summed E-state index contributed by atoms with van der Waals surface area (Å²) < 4.78 is 5.46. The molecule has 2 fully saturated rings. The number of nitrogens with zero attached hydrogens (tertiary/aromatic N) is 2. The van der Waals surface area contributed by atoms with Gasteiger partial charge in [-0.2, -0.15) is 4.99 Å². The van der Waals surface area contributed by atoms with Crippen molar-refractivity contribution in [3.63, 3.8) is 0 Å². The van der Waals surface area contributed by atoms with Crippen LogP contribution in [0.3, 0.4) is 0 Å². The first-order valence-electron chi connectivity index (χ1n) is 6.00. The van der Waals surface area contributed by atoms with Gasteiger partial charge in [-0.1, -0.05) is 0 Å². The first-order chi connectivity index (χ1) is 7.74. The minimum atomic E-state index is -0.325. The molecule has 0 bridgehead atoms. The Bertz CT molecular complexity index is 341. The molecule has 1 saturated heterocycles. The van der Waals surface area contributed by atoms with Gasteiger partial charge in [0.15, 0.2) is 0 Å². The lowest BCUT2D eigenvalue weighted by atomic mass is 9.88. The van der Waals surface area contributed by atoms with Crippen LogP contribution in [0.25, 0.3) is 0 Å². The van der Waals surface area contributed by atoms with Crippen molar-refractivity contribution in [1.82, 2.24) is 4.90 Å². The Kier molecular flexibility index (Phi) is 2.17. The van der Waals surface area contributed by atoms with Gasteiger partial charge in [0.2, 0.25) is 0 Å². The maximum absolute atomic E-state index is 11.9. The fraction of sp³-hybridized carbons (Fsp3) is 0.818. The third-order valence-electron chi connectivity index (χ3n) is 3.81. The first-order valence-corrected chi connectivity index (χ1v) is 6.00. The second-order valence-corrected chi connectivity index (χ2v) is 4.88. The molecule has 1 atom stereocenters. The van der Waals surface area contributed by atoms with Crippen LogP contribution < -0.4 is 5.73 Å². The van der Waals surface area contributed by atoms with Crippen molar-refractivity contribution in [2.75, 3.05) is 13.2 Å². The van der Waals surface area contributed by atoms with Crippen molar-refractivity contribution in [2.45, 2.75) is 43.7 Å². The normalized spacial score (nSPS) is 35.4. The van der Waals surface area contributed by atoms with Gasteiger partial charge < -0.3 is 15.4 Å². The number of ether oxygens (including phenoxy) is 1. The summed E-state index contributed by atoms with van der Waals surface area (Å²) in [6.07, 6.45) is 4.83. The van der Waals surface area contributed by atoms with Gasteiger partial charge >= 0.3 is 6.03 Å². The van der Waals surface area contributed by atoms with Crippen LogP contribution in [-0.2, 0) is 4.74 Å². The Hall–Kier alpha value is -1.10. The van der Waals surface area contributed by atoms with E-state index in [2.05, 4.69) is 4.99 Å². The van der Waals surface area contributed by atoms with E-state index >= 15 is 0 Å². The van der Waals surface area contributed by atoms with Crippen LogP contribution in [0.2, 0.25) is 0 Å². The number of nitrogens with two attached hydrogens (primary N) is 1. The zero-order chi connectivity index (χ0) is 11.2. The van der Waals surface area contributed by atoms with Crippen LogP contribution in [0.5, 0.6) is 0 Å². The monoisotopic (exact) mass is 223 g/mol. The van der Waals surface area contributed by atoms with Crippen LogP contribution in [0.15, 0.2) is 4.99 Å². The van der Waals surface area contributed by atoms with Crippen LogP contribution in [-0.4, -0.2) is 41.6 Å². The average molecular weight is 223 g/mol.